The van der Waals surface area contributed by atoms with Gasteiger partial charge in [-0.25, -0.2) is 9.37 Å². The van der Waals surface area contributed by atoms with Crippen molar-refractivity contribution >= 4 is 10.9 Å². The van der Waals surface area contributed by atoms with Crippen LogP contribution in [0.15, 0.2) is 47.8 Å². The second kappa shape index (κ2) is 4.88. The Morgan fingerprint density at radius 1 is 1.40 bits per heavy atom. The van der Waals surface area contributed by atoms with Gasteiger partial charge >= 0.3 is 0 Å². The lowest BCUT2D eigenvalue weighted by Crippen LogP contribution is -2.26. The highest BCUT2D eigenvalue weighted by atomic mass is 19.1. The Morgan fingerprint density at radius 2 is 2.25 bits per heavy atom. The highest BCUT2D eigenvalue weighted by Gasteiger charge is 2.11. The zero-order valence-corrected chi connectivity index (χ0v) is 10.9. The normalized spacial score (nSPS) is 12.7. The largest absolute Gasteiger partial charge is 0.294 e. The standard InChI is InChI=1S/C14H13FN4O/c1-10(8-18-6-2-5-17-18)19-9-16-13-4-3-11(15)7-12(13)14(19)20/h2-7,9-10H,8H2,1H3. The molecule has 102 valence electrons. The summed E-state index contributed by atoms with van der Waals surface area (Å²) < 4.78 is 16.5. The molecule has 0 saturated heterocycles. The van der Waals surface area contributed by atoms with Crippen LogP contribution < -0.4 is 5.56 Å². The van der Waals surface area contributed by atoms with Crippen LogP contribution in [0, 0.1) is 5.82 Å². The fraction of sp³-hybridized carbons (Fsp3) is 0.214. The van der Waals surface area contributed by atoms with E-state index in [9.17, 15) is 9.18 Å². The van der Waals surface area contributed by atoms with Crippen LogP contribution in [0.5, 0.6) is 0 Å². The molecule has 0 amide bonds. The molecule has 6 heteroatoms. The van der Waals surface area contributed by atoms with Crippen molar-refractivity contribution in [3.8, 4) is 0 Å². The van der Waals surface area contributed by atoms with Crippen LogP contribution in [0.3, 0.4) is 0 Å². The van der Waals surface area contributed by atoms with Crippen molar-refractivity contribution in [3.05, 3.63) is 59.2 Å². The Labute approximate surface area is 114 Å². The Kier molecular flexibility index (Phi) is 3.06. The van der Waals surface area contributed by atoms with Gasteiger partial charge in [0.15, 0.2) is 0 Å². The first-order valence-electron chi connectivity index (χ1n) is 6.29. The molecular weight excluding hydrogens is 259 g/mol. The minimum Gasteiger partial charge on any atom is -0.294 e. The van der Waals surface area contributed by atoms with Gasteiger partial charge in [-0.3, -0.25) is 14.0 Å². The Morgan fingerprint density at radius 3 is 3.00 bits per heavy atom. The monoisotopic (exact) mass is 272 g/mol. The zero-order valence-electron chi connectivity index (χ0n) is 10.9. The Bertz CT molecular complexity index is 795. The molecule has 2 heterocycles. The van der Waals surface area contributed by atoms with Crippen LogP contribution >= 0.6 is 0 Å². The van der Waals surface area contributed by atoms with Crippen molar-refractivity contribution < 1.29 is 4.39 Å². The smallest absolute Gasteiger partial charge is 0.261 e. The molecule has 1 aromatic carbocycles. The molecule has 1 atom stereocenters. The van der Waals surface area contributed by atoms with Crippen molar-refractivity contribution in [2.45, 2.75) is 19.5 Å². The molecule has 5 nitrogen and oxygen atoms in total. The Hall–Kier alpha value is -2.50. The highest BCUT2D eigenvalue weighted by molar-refractivity contribution is 5.77. The number of hydrogen-bond acceptors (Lipinski definition) is 3. The lowest BCUT2D eigenvalue weighted by atomic mass is 10.2. The molecule has 0 saturated carbocycles. The van der Waals surface area contributed by atoms with Crippen molar-refractivity contribution in [1.29, 1.82) is 0 Å². The Balaban J connectivity index is 2.03. The fourth-order valence-electron chi connectivity index (χ4n) is 2.19. The average Bonchev–Trinajstić information content (AvgIpc) is 2.92. The average molecular weight is 272 g/mol. The van der Waals surface area contributed by atoms with E-state index >= 15 is 0 Å². The van der Waals surface area contributed by atoms with Gasteiger partial charge in [0.1, 0.15) is 5.82 Å². The van der Waals surface area contributed by atoms with Gasteiger partial charge in [0.05, 0.1) is 29.8 Å². The predicted octanol–water partition coefficient (Wildman–Crippen LogP) is 1.99. The lowest BCUT2D eigenvalue weighted by molar-refractivity contribution is 0.426. The number of hydrogen-bond donors (Lipinski definition) is 0. The molecule has 3 aromatic rings. The first kappa shape index (κ1) is 12.5. The van der Waals surface area contributed by atoms with Gasteiger partial charge in [-0.1, -0.05) is 0 Å². The van der Waals surface area contributed by atoms with Gasteiger partial charge in [-0.05, 0) is 31.2 Å². The molecule has 0 fully saturated rings. The van der Waals surface area contributed by atoms with Crippen LogP contribution in [-0.2, 0) is 6.54 Å². The van der Waals surface area contributed by atoms with Gasteiger partial charge in [-0.15, -0.1) is 0 Å². The van der Waals surface area contributed by atoms with Crippen LogP contribution in [0.1, 0.15) is 13.0 Å². The van der Waals surface area contributed by atoms with E-state index < -0.39 is 5.82 Å². The number of benzene rings is 1. The summed E-state index contributed by atoms with van der Waals surface area (Å²) in [7, 11) is 0. The maximum Gasteiger partial charge on any atom is 0.261 e. The van der Waals surface area contributed by atoms with Gasteiger partial charge in [0.25, 0.3) is 5.56 Å². The van der Waals surface area contributed by atoms with E-state index in [-0.39, 0.29) is 11.6 Å². The van der Waals surface area contributed by atoms with Gasteiger partial charge in [0, 0.05) is 12.4 Å². The molecule has 1 unspecified atom stereocenters. The van der Waals surface area contributed by atoms with E-state index in [2.05, 4.69) is 10.1 Å². The highest BCUT2D eigenvalue weighted by Crippen LogP contribution is 2.11. The topological polar surface area (TPSA) is 52.7 Å². The molecule has 20 heavy (non-hydrogen) atoms. The summed E-state index contributed by atoms with van der Waals surface area (Å²) in [6, 6.07) is 5.73. The fourth-order valence-corrected chi connectivity index (χ4v) is 2.19. The third-order valence-corrected chi connectivity index (χ3v) is 3.23. The predicted molar refractivity (Wildman–Crippen MR) is 72.9 cm³/mol. The van der Waals surface area contributed by atoms with E-state index in [4.69, 9.17) is 0 Å². The molecule has 0 aliphatic heterocycles. The quantitative estimate of drug-likeness (QED) is 0.732. The number of aromatic nitrogens is 4. The summed E-state index contributed by atoms with van der Waals surface area (Å²) in [6.45, 7) is 2.45. The van der Waals surface area contributed by atoms with Crippen LogP contribution in [0.25, 0.3) is 10.9 Å². The van der Waals surface area contributed by atoms with Crippen molar-refractivity contribution in [2.75, 3.05) is 0 Å². The first-order chi connectivity index (χ1) is 9.65. The number of rotatable bonds is 3. The number of fused-ring (bicyclic) bond motifs is 1. The van der Waals surface area contributed by atoms with Crippen LogP contribution in [-0.4, -0.2) is 19.3 Å². The lowest BCUT2D eigenvalue weighted by Gasteiger charge is -2.15. The maximum atomic E-state index is 13.3. The van der Waals surface area contributed by atoms with Crippen LogP contribution in [0.4, 0.5) is 4.39 Å². The van der Waals surface area contributed by atoms with E-state index in [0.29, 0.717) is 17.4 Å². The third kappa shape index (κ3) is 2.20. The summed E-state index contributed by atoms with van der Waals surface area (Å²) in [5.74, 6) is -0.436. The van der Waals surface area contributed by atoms with Gasteiger partial charge in [-0.2, -0.15) is 5.10 Å². The molecular formula is C14H13FN4O. The minimum absolute atomic E-state index is 0.123. The summed E-state index contributed by atoms with van der Waals surface area (Å²) in [6.07, 6.45) is 5.01. The van der Waals surface area contributed by atoms with Gasteiger partial charge in [0.2, 0.25) is 0 Å². The number of halogens is 1. The minimum atomic E-state index is -0.436. The summed E-state index contributed by atoms with van der Waals surface area (Å²) >= 11 is 0. The van der Waals surface area contributed by atoms with Crippen molar-refractivity contribution in [1.82, 2.24) is 19.3 Å². The maximum absolute atomic E-state index is 13.3. The summed E-state index contributed by atoms with van der Waals surface area (Å²) in [5.41, 5.74) is 0.257. The van der Waals surface area contributed by atoms with E-state index in [1.165, 1.54) is 29.1 Å². The molecule has 0 N–H and O–H groups in total. The SMILES string of the molecule is CC(Cn1cccn1)n1cnc2ccc(F)cc2c1=O. The van der Waals surface area contributed by atoms with Crippen molar-refractivity contribution in [3.63, 3.8) is 0 Å². The van der Waals surface area contributed by atoms with Gasteiger partial charge < -0.3 is 0 Å². The molecule has 0 bridgehead atoms. The van der Waals surface area contributed by atoms with Crippen LogP contribution in [0.2, 0.25) is 0 Å². The molecule has 0 aliphatic carbocycles. The summed E-state index contributed by atoms with van der Waals surface area (Å²) in [5, 5.41) is 4.40. The molecule has 0 spiro atoms. The van der Waals surface area contributed by atoms with E-state index in [0.717, 1.165) is 0 Å². The van der Waals surface area contributed by atoms with Crippen molar-refractivity contribution in [2.24, 2.45) is 0 Å². The molecule has 0 aliphatic rings. The molecule has 2 aromatic heterocycles. The zero-order chi connectivity index (χ0) is 14.1. The second-order valence-electron chi connectivity index (χ2n) is 4.70. The molecule has 3 rings (SSSR count). The first-order valence-corrected chi connectivity index (χ1v) is 6.29. The third-order valence-electron chi connectivity index (χ3n) is 3.23. The number of nitrogens with zero attached hydrogens (tertiary/aromatic N) is 4. The second-order valence-corrected chi connectivity index (χ2v) is 4.70. The molecule has 0 radical (unpaired) electrons. The summed E-state index contributed by atoms with van der Waals surface area (Å²) in [4.78, 5) is 16.6. The van der Waals surface area contributed by atoms with E-state index in [1.807, 2.05) is 19.2 Å². The van der Waals surface area contributed by atoms with E-state index in [1.54, 1.807) is 10.9 Å².